The van der Waals surface area contributed by atoms with Crippen LogP contribution in [0.15, 0.2) is 24.3 Å². The van der Waals surface area contributed by atoms with Crippen LogP contribution >= 0.6 is 0 Å². The summed E-state index contributed by atoms with van der Waals surface area (Å²) in [5, 5.41) is 10.6. The Morgan fingerprint density at radius 2 is 1.56 bits per heavy atom. The molecule has 84 valence electrons. The normalized spacial score (nSPS) is 27.4. The van der Waals surface area contributed by atoms with Crippen molar-refractivity contribution in [1.29, 1.82) is 0 Å². The van der Waals surface area contributed by atoms with E-state index in [4.69, 9.17) is 0 Å². The average Bonchev–Trinajstić information content (AvgIpc) is 2.88. The van der Waals surface area contributed by atoms with E-state index in [9.17, 15) is 10.1 Å². The topological polar surface area (TPSA) is 46.4 Å². The number of anilines is 1. The third-order valence-corrected chi connectivity index (χ3v) is 3.81. The van der Waals surface area contributed by atoms with E-state index >= 15 is 0 Å². The van der Waals surface area contributed by atoms with Gasteiger partial charge in [-0.2, -0.15) is 0 Å². The lowest BCUT2D eigenvalue weighted by Gasteiger charge is -2.24. The second-order valence-corrected chi connectivity index (χ2v) is 4.64. The third-order valence-electron chi connectivity index (χ3n) is 3.81. The summed E-state index contributed by atoms with van der Waals surface area (Å²) >= 11 is 0. The molecule has 4 nitrogen and oxygen atoms in total. The molecule has 3 rings (SSSR count). The highest BCUT2D eigenvalue weighted by atomic mass is 16.6. The first-order valence-corrected chi connectivity index (χ1v) is 5.78. The number of non-ortho nitro benzene ring substituents is 1. The highest BCUT2D eigenvalue weighted by Gasteiger charge is 2.39. The van der Waals surface area contributed by atoms with E-state index in [1.165, 1.54) is 25.7 Å². The van der Waals surface area contributed by atoms with Crippen LogP contribution in [0.2, 0.25) is 0 Å². The third kappa shape index (κ3) is 1.37. The molecule has 2 bridgehead atoms. The molecule has 0 N–H and O–H groups in total. The highest BCUT2D eigenvalue weighted by molar-refractivity contribution is 5.54. The van der Waals surface area contributed by atoms with Crippen LogP contribution in [0.4, 0.5) is 11.4 Å². The highest BCUT2D eigenvalue weighted by Crippen LogP contribution is 2.41. The summed E-state index contributed by atoms with van der Waals surface area (Å²) in [6, 6.07) is 8.32. The lowest BCUT2D eigenvalue weighted by atomic mass is 10.0. The van der Waals surface area contributed by atoms with Crippen molar-refractivity contribution in [2.24, 2.45) is 0 Å². The fourth-order valence-corrected chi connectivity index (χ4v) is 3.08. The van der Waals surface area contributed by atoms with Gasteiger partial charge < -0.3 is 4.90 Å². The fourth-order valence-electron chi connectivity index (χ4n) is 3.08. The minimum absolute atomic E-state index is 0.176. The molecule has 0 saturated carbocycles. The zero-order chi connectivity index (χ0) is 11.1. The fraction of sp³-hybridized carbons (Fsp3) is 0.500. The van der Waals surface area contributed by atoms with Crippen LogP contribution in [0, 0.1) is 10.1 Å². The molecule has 0 aromatic heterocycles. The molecule has 2 heterocycles. The van der Waals surface area contributed by atoms with Gasteiger partial charge in [-0.15, -0.1) is 0 Å². The molecule has 1 aromatic rings. The van der Waals surface area contributed by atoms with Crippen LogP contribution in [-0.2, 0) is 0 Å². The Kier molecular flexibility index (Phi) is 2.09. The SMILES string of the molecule is O=[N+]([O-])c1ccc(N2[C@H]3CC[C@@H]2CC3)cc1. The summed E-state index contributed by atoms with van der Waals surface area (Å²) in [6.45, 7) is 0. The van der Waals surface area contributed by atoms with Gasteiger partial charge >= 0.3 is 0 Å². The van der Waals surface area contributed by atoms with E-state index < -0.39 is 0 Å². The van der Waals surface area contributed by atoms with E-state index in [1.807, 2.05) is 12.1 Å². The van der Waals surface area contributed by atoms with E-state index in [2.05, 4.69) is 4.90 Å². The monoisotopic (exact) mass is 218 g/mol. The molecule has 4 heteroatoms. The van der Waals surface area contributed by atoms with Gasteiger partial charge in [0.15, 0.2) is 0 Å². The molecular weight excluding hydrogens is 204 g/mol. The average molecular weight is 218 g/mol. The number of rotatable bonds is 2. The second kappa shape index (κ2) is 3.47. The van der Waals surface area contributed by atoms with Crippen LogP contribution in [0.25, 0.3) is 0 Å². The summed E-state index contributed by atoms with van der Waals surface area (Å²) in [7, 11) is 0. The van der Waals surface area contributed by atoms with Gasteiger partial charge in [0.1, 0.15) is 0 Å². The minimum Gasteiger partial charge on any atom is -0.366 e. The predicted octanol–water partition coefficient (Wildman–Crippen LogP) is 2.73. The maximum atomic E-state index is 10.6. The van der Waals surface area contributed by atoms with Crippen molar-refractivity contribution >= 4 is 11.4 Å². The molecule has 2 aliphatic heterocycles. The Morgan fingerprint density at radius 1 is 1.06 bits per heavy atom. The summed E-state index contributed by atoms with van der Waals surface area (Å²) < 4.78 is 0. The molecule has 0 unspecified atom stereocenters. The summed E-state index contributed by atoms with van der Waals surface area (Å²) in [6.07, 6.45) is 5.12. The molecule has 2 aliphatic rings. The number of nitro groups is 1. The van der Waals surface area contributed by atoms with Crippen molar-refractivity contribution < 1.29 is 4.92 Å². The summed E-state index contributed by atoms with van der Waals surface area (Å²) in [4.78, 5) is 12.7. The number of benzene rings is 1. The van der Waals surface area contributed by atoms with Crippen LogP contribution < -0.4 is 4.90 Å². The molecule has 2 fully saturated rings. The Morgan fingerprint density at radius 3 is 2.00 bits per heavy atom. The predicted molar refractivity (Wildman–Crippen MR) is 61.6 cm³/mol. The van der Waals surface area contributed by atoms with Gasteiger partial charge in [0.2, 0.25) is 0 Å². The molecule has 0 radical (unpaired) electrons. The standard InChI is InChI=1S/C12H14N2O2/c15-14(16)12-7-5-11(6-8-12)13-9-1-2-10(13)4-3-9/h5-10H,1-4H2/t9-,10+. The minimum atomic E-state index is -0.345. The first kappa shape index (κ1) is 9.63. The zero-order valence-corrected chi connectivity index (χ0v) is 9.00. The molecule has 2 saturated heterocycles. The van der Waals surface area contributed by atoms with Crippen LogP contribution in [0.1, 0.15) is 25.7 Å². The maximum Gasteiger partial charge on any atom is 0.269 e. The van der Waals surface area contributed by atoms with Crippen molar-refractivity contribution in [3.63, 3.8) is 0 Å². The van der Waals surface area contributed by atoms with Crippen molar-refractivity contribution in [3.8, 4) is 0 Å². The number of nitro benzene ring substituents is 1. The van der Waals surface area contributed by atoms with Gasteiger partial charge in [0.25, 0.3) is 5.69 Å². The van der Waals surface area contributed by atoms with E-state index in [-0.39, 0.29) is 10.6 Å². The molecule has 16 heavy (non-hydrogen) atoms. The van der Waals surface area contributed by atoms with E-state index in [1.54, 1.807) is 12.1 Å². The van der Waals surface area contributed by atoms with E-state index in [0.29, 0.717) is 12.1 Å². The molecular formula is C12H14N2O2. The largest absolute Gasteiger partial charge is 0.366 e. The van der Waals surface area contributed by atoms with Gasteiger partial charge in [0.05, 0.1) is 4.92 Å². The molecule has 0 amide bonds. The molecule has 0 aliphatic carbocycles. The smallest absolute Gasteiger partial charge is 0.269 e. The Bertz CT molecular complexity index is 396. The van der Waals surface area contributed by atoms with Crippen molar-refractivity contribution in [1.82, 2.24) is 0 Å². The Hall–Kier alpha value is -1.58. The first-order valence-electron chi connectivity index (χ1n) is 5.78. The number of nitrogens with zero attached hydrogens (tertiary/aromatic N) is 2. The molecule has 0 atom stereocenters. The maximum absolute atomic E-state index is 10.6. The molecule has 0 spiro atoms. The first-order chi connectivity index (χ1) is 7.75. The Balaban J connectivity index is 1.87. The number of hydrogen-bond acceptors (Lipinski definition) is 3. The molecule has 1 aromatic carbocycles. The second-order valence-electron chi connectivity index (χ2n) is 4.64. The van der Waals surface area contributed by atoms with Gasteiger partial charge in [-0.25, -0.2) is 0 Å². The lowest BCUT2D eigenvalue weighted by molar-refractivity contribution is -0.384. The number of fused-ring (bicyclic) bond motifs is 2. The quantitative estimate of drug-likeness (QED) is 0.566. The van der Waals surface area contributed by atoms with Crippen LogP contribution in [0.3, 0.4) is 0 Å². The van der Waals surface area contributed by atoms with Gasteiger partial charge in [-0.1, -0.05) is 0 Å². The van der Waals surface area contributed by atoms with E-state index in [0.717, 1.165) is 5.69 Å². The number of hydrogen-bond donors (Lipinski definition) is 0. The summed E-state index contributed by atoms with van der Waals surface area (Å²) in [5.74, 6) is 0. The van der Waals surface area contributed by atoms with Gasteiger partial charge in [-0.05, 0) is 37.8 Å². The van der Waals surface area contributed by atoms with Gasteiger partial charge in [-0.3, -0.25) is 10.1 Å². The van der Waals surface area contributed by atoms with Crippen molar-refractivity contribution in [2.75, 3.05) is 4.90 Å². The zero-order valence-electron chi connectivity index (χ0n) is 9.00. The van der Waals surface area contributed by atoms with Crippen LogP contribution in [-0.4, -0.2) is 17.0 Å². The van der Waals surface area contributed by atoms with Gasteiger partial charge in [0, 0.05) is 29.9 Å². The van der Waals surface area contributed by atoms with Crippen molar-refractivity contribution in [2.45, 2.75) is 37.8 Å². The van der Waals surface area contributed by atoms with Crippen LogP contribution in [0.5, 0.6) is 0 Å². The summed E-state index contributed by atoms with van der Waals surface area (Å²) in [5.41, 5.74) is 1.32. The Labute approximate surface area is 94.0 Å². The van der Waals surface area contributed by atoms with Crippen molar-refractivity contribution in [3.05, 3.63) is 34.4 Å². The lowest BCUT2D eigenvalue weighted by Crippen LogP contribution is -2.27.